The Labute approximate surface area is 192 Å². The van der Waals surface area contributed by atoms with Crippen molar-refractivity contribution in [1.29, 1.82) is 0 Å². The zero-order chi connectivity index (χ0) is 22.5. The Balaban J connectivity index is 1.56. The Bertz CT molecular complexity index is 1290. The van der Waals surface area contributed by atoms with Crippen LogP contribution in [0.15, 0.2) is 91.0 Å². The molecule has 160 valence electrons. The van der Waals surface area contributed by atoms with Crippen LogP contribution in [-0.2, 0) is 10.8 Å². The van der Waals surface area contributed by atoms with E-state index >= 15 is 0 Å². The SMILES string of the molecule is CC(C)(C)c1cc(-c2ccccc2)ccc1Nc1ccc2c(c1)-c1ccccc1C2(C)C. The highest BCUT2D eigenvalue weighted by molar-refractivity contribution is 5.84. The minimum absolute atomic E-state index is 0.0262. The molecule has 1 heteroatoms. The van der Waals surface area contributed by atoms with Crippen molar-refractivity contribution >= 4 is 11.4 Å². The van der Waals surface area contributed by atoms with E-state index in [4.69, 9.17) is 0 Å². The van der Waals surface area contributed by atoms with Gasteiger partial charge < -0.3 is 5.32 Å². The van der Waals surface area contributed by atoms with E-state index in [0.717, 1.165) is 5.69 Å². The monoisotopic (exact) mass is 417 g/mol. The zero-order valence-corrected chi connectivity index (χ0v) is 19.7. The van der Waals surface area contributed by atoms with E-state index in [1.165, 1.54) is 44.6 Å². The van der Waals surface area contributed by atoms with Gasteiger partial charge in [-0.2, -0.15) is 0 Å². The number of anilines is 2. The first-order valence-corrected chi connectivity index (χ1v) is 11.5. The molecular formula is C31H31N. The Kier molecular flexibility index (Phi) is 4.74. The average molecular weight is 418 g/mol. The Morgan fingerprint density at radius 1 is 0.625 bits per heavy atom. The number of nitrogens with one attached hydrogen (secondary N) is 1. The molecule has 1 aliphatic carbocycles. The van der Waals surface area contributed by atoms with Crippen LogP contribution in [0.3, 0.4) is 0 Å². The molecule has 32 heavy (non-hydrogen) atoms. The fraction of sp³-hybridized carbons (Fsp3) is 0.226. The lowest BCUT2D eigenvalue weighted by Crippen LogP contribution is -2.15. The molecule has 0 amide bonds. The summed E-state index contributed by atoms with van der Waals surface area (Å²) in [6.07, 6.45) is 0. The van der Waals surface area contributed by atoms with E-state index in [-0.39, 0.29) is 10.8 Å². The number of benzene rings is 4. The predicted molar refractivity (Wildman–Crippen MR) is 138 cm³/mol. The van der Waals surface area contributed by atoms with Crippen molar-refractivity contribution in [2.45, 2.75) is 45.4 Å². The van der Waals surface area contributed by atoms with Crippen LogP contribution in [0.2, 0.25) is 0 Å². The fourth-order valence-electron chi connectivity index (χ4n) is 5.04. The largest absolute Gasteiger partial charge is 0.355 e. The summed E-state index contributed by atoms with van der Waals surface area (Å²) >= 11 is 0. The third-order valence-corrected chi connectivity index (χ3v) is 6.80. The molecular weight excluding hydrogens is 386 g/mol. The molecule has 1 nitrogen and oxygen atoms in total. The number of hydrogen-bond donors (Lipinski definition) is 1. The van der Waals surface area contributed by atoms with Crippen molar-refractivity contribution < 1.29 is 0 Å². The smallest absolute Gasteiger partial charge is 0.0422 e. The van der Waals surface area contributed by atoms with Crippen LogP contribution in [-0.4, -0.2) is 0 Å². The standard InChI is InChI=1S/C31H31N/c1-30(2,3)28-19-22(21-11-7-6-8-12-21)15-18-29(28)32-23-16-17-27-25(20-23)24-13-9-10-14-26(24)31(27,4)5/h6-20,32H,1-5H3. The van der Waals surface area contributed by atoms with Crippen molar-refractivity contribution in [2.75, 3.05) is 5.32 Å². The maximum Gasteiger partial charge on any atom is 0.0422 e. The first kappa shape index (κ1) is 20.6. The van der Waals surface area contributed by atoms with Crippen molar-refractivity contribution in [1.82, 2.24) is 0 Å². The maximum absolute atomic E-state index is 3.75. The van der Waals surface area contributed by atoms with Gasteiger partial charge in [0.05, 0.1) is 0 Å². The third-order valence-electron chi connectivity index (χ3n) is 6.80. The van der Waals surface area contributed by atoms with Gasteiger partial charge >= 0.3 is 0 Å². The van der Waals surface area contributed by atoms with Gasteiger partial charge in [0.25, 0.3) is 0 Å². The normalized spacial score (nSPS) is 14.0. The number of rotatable bonds is 3. The lowest BCUT2D eigenvalue weighted by molar-refractivity contribution is 0.592. The topological polar surface area (TPSA) is 12.0 Å². The average Bonchev–Trinajstić information content (AvgIpc) is 3.01. The predicted octanol–water partition coefficient (Wildman–Crippen LogP) is 8.70. The molecule has 0 bridgehead atoms. The molecule has 0 radical (unpaired) electrons. The highest BCUT2D eigenvalue weighted by atomic mass is 14.9. The van der Waals surface area contributed by atoms with Gasteiger partial charge in [0.1, 0.15) is 0 Å². The van der Waals surface area contributed by atoms with E-state index in [1.807, 2.05) is 0 Å². The maximum atomic E-state index is 3.75. The van der Waals surface area contributed by atoms with Gasteiger partial charge in [0.15, 0.2) is 0 Å². The van der Waals surface area contributed by atoms with E-state index in [0.29, 0.717) is 0 Å². The van der Waals surface area contributed by atoms with Crippen LogP contribution >= 0.6 is 0 Å². The quantitative estimate of drug-likeness (QED) is 0.351. The molecule has 0 saturated carbocycles. The molecule has 0 fully saturated rings. The van der Waals surface area contributed by atoms with Gasteiger partial charge in [-0.3, -0.25) is 0 Å². The van der Waals surface area contributed by atoms with Crippen LogP contribution in [0.1, 0.15) is 51.3 Å². The molecule has 0 aromatic heterocycles. The van der Waals surface area contributed by atoms with E-state index in [2.05, 4.69) is 131 Å². The molecule has 0 saturated heterocycles. The number of fused-ring (bicyclic) bond motifs is 3. The summed E-state index contributed by atoms with van der Waals surface area (Å²) in [6, 6.07) is 33.1. The second kappa shape index (κ2) is 7.38. The Morgan fingerprint density at radius 3 is 2.06 bits per heavy atom. The number of hydrogen-bond acceptors (Lipinski definition) is 1. The van der Waals surface area contributed by atoms with Crippen molar-refractivity contribution in [3.05, 3.63) is 108 Å². The molecule has 0 unspecified atom stereocenters. The van der Waals surface area contributed by atoms with Gasteiger partial charge in [-0.1, -0.05) is 101 Å². The molecule has 4 aromatic rings. The highest BCUT2D eigenvalue weighted by Crippen LogP contribution is 2.49. The van der Waals surface area contributed by atoms with Crippen molar-refractivity contribution in [3.63, 3.8) is 0 Å². The lowest BCUT2D eigenvalue weighted by Gasteiger charge is -2.25. The van der Waals surface area contributed by atoms with E-state index < -0.39 is 0 Å². The van der Waals surface area contributed by atoms with E-state index in [9.17, 15) is 0 Å². The fourth-order valence-corrected chi connectivity index (χ4v) is 5.04. The minimum atomic E-state index is 0.0262. The summed E-state index contributed by atoms with van der Waals surface area (Å²) in [7, 11) is 0. The van der Waals surface area contributed by atoms with Crippen LogP contribution < -0.4 is 5.32 Å². The van der Waals surface area contributed by atoms with Gasteiger partial charge in [0.2, 0.25) is 0 Å². The summed E-state index contributed by atoms with van der Waals surface area (Å²) in [5.41, 5.74) is 11.7. The first-order chi connectivity index (χ1) is 15.2. The van der Waals surface area contributed by atoms with Crippen LogP contribution in [0.5, 0.6) is 0 Å². The van der Waals surface area contributed by atoms with Gasteiger partial charge in [-0.15, -0.1) is 0 Å². The zero-order valence-electron chi connectivity index (χ0n) is 19.7. The van der Waals surface area contributed by atoms with Crippen LogP contribution in [0.4, 0.5) is 11.4 Å². The molecule has 1 aliphatic rings. The molecule has 4 aromatic carbocycles. The molecule has 0 atom stereocenters. The van der Waals surface area contributed by atoms with Gasteiger partial charge in [0, 0.05) is 16.8 Å². The lowest BCUT2D eigenvalue weighted by atomic mass is 9.82. The summed E-state index contributed by atoms with van der Waals surface area (Å²) in [4.78, 5) is 0. The third kappa shape index (κ3) is 3.42. The van der Waals surface area contributed by atoms with Crippen LogP contribution in [0.25, 0.3) is 22.3 Å². The summed E-state index contributed by atoms with van der Waals surface area (Å²) in [5, 5.41) is 3.75. The second-order valence-corrected chi connectivity index (χ2v) is 10.4. The van der Waals surface area contributed by atoms with Crippen molar-refractivity contribution in [3.8, 4) is 22.3 Å². The Morgan fingerprint density at radius 2 is 1.31 bits per heavy atom. The minimum Gasteiger partial charge on any atom is -0.355 e. The second-order valence-electron chi connectivity index (χ2n) is 10.4. The Hall–Kier alpha value is -3.32. The van der Waals surface area contributed by atoms with E-state index in [1.54, 1.807) is 0 Å². The molecule has 0 aliphatic heterocycles. The molecule has 0 heterocycles. The van der Waals surface area contributed by atoms with Gasteiger partial charge in [-0.25, -0.2) is 0 Å². The highest BCUT2D eigenvalue weighted by Gasteiger charge is 2.35. The van der Waals surface area contributed by atoms with Crippen LogP contribution in [0, 0.1) is 0 Å². The molecule has 1 N–H and O–H groups in total. The molecule has 5 rings (SSSR count). The summed E-state index contributed by atoms with van der Waals surface area (Å²) < 4.78 is 0. The molecule has 0 spiro atoms. The summed E-state index contributed by atoms with van der Waals surface area (Å²) in [5.74, 6) is 0. The summed E-state index contributed by atoms with van der Waals surface area (Å²) in [6.45, 7) is 11.5. The first-order valence-electron chi connectivity index (χ1n) is 11.5. The van der Waals surface area contributed by atoms with Crippen molar-refractivity contribution in [2.24, 2.45) is 0 Å². The van der Waals surface area contributed by atoms with Gasteiger partial charge in [-0.05, 0) is 68.6 Å².